The molecule has 0 bridgehead atoms. The van der Waals surface area contributed by atoms with E-state index in [0.717, 1.165) is 12.8 Å². The number of methoxy groups -OCH3 is 1. The van der Waals surface area contributed by atoms with E-state index in [1.165, 1.54) is 6.08 Å². The first-order valence-corrected chi connectivity index (χ1v) is 7.89. The maximum Gasteiger partial charge on any atom is 0.163 e. The summed E-state index contributed by atoms with van der Waals surface area (Å²) in [6.07, 6.45) is 5.13. The lowest BCUT2D eigenvalue weighted by atomic mass is 10.1. The number of benzene rings is 1. The van der Waals surface area contributed by atoms with Gasteiger partial charge in [0.1, 0.15) is 5.75 Å². The van der Waals surface area contributed by atoms with E-state index in [1.54, 1.807) is 38.4 Å². The Bertz CT molecular complexity index is 756. The van der Waals surface area contributed by atoms with Crippen LogP contribution in [0.5, 0.6) is 17.2 Å². The quantitative estimate of drug-likeness (QED) is 0.379. The van der Waals surface area contributed by atoms with Gasteiger partial charge in [-0.2, -0.15) is 0 Å². The molecule has 0 fully saturated rings. The Labute approximate surface area is 141 Å². The molecule has 24 heavy (non-hydrogen) atoms. The topological polar surface area (TPSA) is 40.6 Å². The molecule has 4 nitrogen and oxygen atoms in total. The maximum absolute atomic E-state index is 13.4. The van der Waals surface area contributed by atoms with Gasteiger partial charge in [-0.1, -0.05) is 19.9 Å². The first-order valence-electron chi connectivity index (χ1n) is 7.89. The van der Waals surface area contributed by atoms with E-state index in [4.69, 9.17) is 14.2 Å². The van der Waals surface area contributed by atoms with Crippen molar-refractivity contribution in [1.82, 2.24) is 4.98 Å². The average molecular weight is 331 g/mol. The number of aromatic nitrogens is 1. The fourth-order valence-electron chi connectivity index (χ4n) is 2.21. The second-order valence-electron chi connectivity index (χ2n) is 5.19. The van der Waals surface area contributed by atoms with Gasteiger partial charge in [-0.15, -0.1) is 0 Å². The molecule has 0 saturated heterocycles. The largest absolute Gasteiger partial charge is 0.493 e. The molecule has 128 valence electrons. The van der Waals surface area contributed by atoms with Crippen molar-refractivity contribution in [2.24, 2.45) is 0 Å². The van der Waals surface area contributed by atoms with E-state index >= 15 is 0 Å². The van der Waals surface area contributed by atoms with Crippen molar-refractivity contribution in [3.05, 3.63) is 48.6 Å². The molecule has 2 aromatic rings. The molecule has 2 rings (SSSR count). The molecule has 0 spiro atoms. The molecular formula is C19H22FNO3. The Balaban J connectivity index is 2.43. The number of nitrogens with zero attached hydrogens (tertiary/aromatic N) is 1. The zero-order valence-electron chi connectivity index (χ0n) is 14.3. The molecule has 0 aliphatic carbocycles. The summed E-state index contributed by atoms with van der Waals surface area (Å²) in [6.45, 7) is 7.67. The van der Waals surface area contributed by atoms with Gasteiger partial charge in [-0.25, -0.2) is 4.39 Å². The molecule has 1 heterocycles. The molecule has 0 amide bonds. The Morgan fingerprint density at radius 3 is 2.71 bits per heavy atom. The molecule has 0 N–H and O–H groups in total. The summed E-state index contributed by atoms with van der Waals surface area (Å²) in [6, 6.07) is 5.26. The molecule has 5 heteroatoms. The number of allylic oxidation sites excluding steroid dienone is 2. The van der Waals surface area contributed by atoms with Crippen LogP contribution in [0.2, 0.25) is 0 Å². The fraction of sp³-hybridized carbons (Fsp3) is 0.316. The van der Waals surface area contributed by atoms with E-state index in [9.17, 15) is 4.39 Å². The van der Waals surface area contributed by atoms with Gasteiger partial charge in [-0.3, -0.25) is 4.98 Å². The van der Waals surface area contributed by atoms with Crippen molar-refractivity contribution in [2.45, 2.75) is 26.7 Å². The molecule has 1 aromatic heterocycles. The number of ether oxygens (including phenoxy) is 3. The van der Waals surface area contributed by atoms with Crippen LogP contribution < -0.4 is 14.2 Å². The predicted molar refractivity (Wildman–Crippen MR) is 93.3 cm³/mol. The molecule has 0 aliphatic heterocycles. The summed E-state index contributed by atoms with van der Waals surface area (Å²) in [4.78, 5) is 4.33. The van der Waals surface area contributed by atoms with Crippen LogP contribution in [0, 0.1) is 0 Å². The van der Waals surface area contributed by atoms with Crippen LogP contribution in [0.25, 0.3) is 10.9 Å². The Hall–Kier alpha value is -2.56. The second-order valence-corrected chi connectivity index (χ2v) is 5.19. The Morgan fingerprint density at radius 1 is 1.29 bits per heavy atom. The summed E-state index contributed by atoms with van der Waals surface area (Å²) in [7, 11) is 1.57. The van der Waals surface area contributed by atoms with E-state index in [-0.39, 0.29) is 5.76 Å². The third kappa shape index (κ3) is 4.04. The van der Waals surface area contributed by atoms with Gasteiger partial charge < -0.3 is 14.2 Å². The summed E-state index contributed by atoms with van der Waals surface area (Å²) in [5.74, 6) is 1.13. The van der Waals surface area contributed by atoms with Gasteiger partial charge in [0.05, 0.1) is 19.2 Å². The first-order chi connectivity index (χ1) is 11.6. The minimum Gasteiger partial charge on any atom is -0.493 e. The SMILES string of the molecule is C=C(F)/C(=C\C)Oc1ccnc2cc(OCCCC)c(OC)cc12. The van der Waals surface area contributed by atoms with Crippen molar-refractivity contribution >= 4 is 10.9 Å². The maximum atomic E-state index is 13.4. The van der Waals surface area contributed by atoms with Crippen LogP contribution in [0.3, 0.4) is 0 Å². The standard InChI is InChI=1S/C19H22FNO3/c1-5-7-10-23-19-12-15-14(11-18(19)22-4)17(8-9-21-15)24-16(6-2)13(3)20/h6,8-9,11-12H,3,5,7,10H2,1-2,4H3/b16-6+. The highest BCUT2D eigenvalue weighted by molar-refractivity contribution is 5.88. The molecule has 0 atom stereocenters. The minimum atomic E-state index is -0.631. The number of fused-ring (bicyclic) bond motifs is 1. The molecule has 0 unspecified atom stereocenters. The lowest BCUT2D eigenvalue weighted by Crippen LogP contribution is -2.00. The molecule has 0 saturated carbocycles. The number of unbranched alkanes of at least 4 members (excludes halogenated alkanes) is 1. The van der Waals surface area contributed by atoms with Gasteiger partial charge in [-0.05, 0) is 31.6 Å². The summed E-state index contributed by atoms with van der Waals surface area (Å²) in [5.41, 5.74) is 0.680. The Kier molecular flexibility index (Phi) is 6.18. The monoisotopic (exact) mass is 331 g/mol. The fourth-order valence-corrected chi connectivity index (χ4v) is 2.21. The lowest BCUT2D eigenvalue weighted by Gasteiger charge is -2.14. The first kappa shape index (κ1) is 17.8. The van der Waals surface area contributed by atoms with Crippen molar-refractivity contribution in [3.8, 4) is 17.2 Å². The number of rotatable bonds is 8. The van der Waals surface area contributed by atoms with E-state index in [1.807, 2.05) is 0 Å². The molecule has 1 aromatic carbocycles. The normalized spacial score (nSPS) is 11.4. The highest BCUT2D eigenvalue weighted by Gasteiger charge is 2.13. The predicted octanol–water partition coefficient (Wildman–Crippen LogP) is 5.19. The van der Waals surface area contributed by atoms with Gasteiger partial charge in [0.2, 0.25) is 0 Å². The van der Waals surface area contributed by atoms with Gasteiger partial charge in [0.25, 0.3) is 0 Å². The van der Waals surface area contributed by atoms with Crippen molar-refractivity contribution < 1.29 is 18.6 Å². The van der Waals surface area contributed by atoms with E-state index in [2.05, 4.69) is 18.5 Å². The Morgan fingerprint density at radius 2 is 2.08 bits per heavy atom. The number of hydrogen-bond acceptors (Lipinski definition) is 4. The van der Waals surface area contributed by atoms with Crippen LogP contribution in [0.1, 0.15) is 26.7 Å². The van der Waals surface area contributed by atoms with Gasteiger partial charge in [0.15, 0.2) is 23.1 Å². The molecular weight excluding hydrogens is 309 g/mol. The molecule has 0 aliphatic rings. The van der Waals surface area contributed by atoms with Crippen molar-refractivity contribution in [2.75, 3.05) is 13.7 Å². The van der Waals surface area contributed by atoms with Crippen molar-refractivity contribution in [1.29, 1.82) is 0 Å². The van der Waals surface area contributed by atoms with Gasteiger partial charge in [0, 0.05) is 17.6 Å². The zero-order chi connectivity index (χ0) is 17.5. The summed E-state index contributed by atoms with van der Waals surface area (Å²) < 4.78 is 30.2. The third-order valence-electron chi connectivity index (χ3n) is 3.49. The number of halogens is 1. The number of hydrogen-bond donors (Lipinski definition) is 0. The summed E-state index contributed by atoms with van der Waals surface area (Å²) >= 11 is 0. The van der Waals surface area contributed by atoms with Crippen LogP contribution >= 0.6 is 0 Å². The lowest BCUT2D eigenvalue weighted by molar-refractivity contribution is 0.289. The average Bonchev–Trinajstić information content (AvgIpc) is 2.58. The van der Waals surface area contributed by atoms with Gasteiger partial charge >= 0.3 is 0 Å². The second kappa shape index (κ2) is 8.34. The van der Waals surface area contributed by atoms with Crippen LogP contribution in [-0.4, -0.2) is 18.7 Å². The highest BCUT2D eigenvalue weighted by atomic mass is 19.1. The highest BCUT2D eigenvalue weighted by Crippen LogP contribution is 2.36. The van der Waals surface area contributed by atoms with Crippen molar-refractivity contribution in [3.63, 3.8) is 0 Å². The number of pyridine rings is 1. The van der Waals surface area contributed by atoms with E-state index in [0.29, 0.717) is 34.8 Å². The third-order valence-corrected chi connectivity index (χ3v) is 3.49. The van der Waals surface area contributed by atoms with Crippen LogP contribution in [0.15, 0.2) is 48.6 Å². The zero-order valence-corrected chi connectivity index (χ0v) is 14.3. The smallest absolute Gasteiger partial charge is 0.163 e. The van der Waals surface area contributed by atoms with Crippen LogP contribution in [-0.2, 0) is 0 Å². The summed E-state index contributed by atoms with van der Waals surface area (Å²) in [5, 5.41) is 0.706. The minimum absolute atomic E-state index is 0.0738. The van der Waals surface area contributed by atoms with E-state index < -0.39 is 5.83 Å². The van der Waals surface area contributed by atoms with Crippen LogP contribution in [0.4, 0.5) is 4.39 Å². The molecule has 0 radical (unpaired) electrons.